The molecule has 0 amide bonds. The highest BCUT2D eigenvalue weighted by Crippen LogP contribution is 2.57. The molecule has 2 aliphatic rings. The van der Waals surface area contributed by atoms with Crippen LogP contribution >= 0.6 is 0 Å². The van der Waals surface area contributed by atoms with Crippen LogP contribution in [-0.2, 0) is 5.41 Å². The minimum Gasteiger partial charge on any atom is -0.356 e. The Hall–Kier alpha value is -3.16. The summed E-state index contributed by atoms with van der Waals surface area (Å²) in [6, 6.07) is 5.61. The van der Waals surface area contributed by atoms with E-state index in [9.17, 15) is 13.6 Å². The summed E-state index contributed by atoms with van der Waals surface area (Å²) in [5.74, 6) is -0.301. The molecule has 0 unspecified atom stereocenters. The van der Waals surface area contributed by atoms with Crippen LogP contribution < -0.4 is 10.5 Å². The molecule has 0 aliphatic heterocycles. The van der Waals surface area contributed by atoms with Gasteiger partial charge in [-0.3, -0.25) is 9.78 Å². The van der Waals surface area contributed by atoms with Crippen LogP contribution in [0, 0.1) is 11.6 Å². The van der Waals surface area contributed by atoms with Gasteiger partial charge in [-0.15, -0.1) is 0 Å². The van der Waals surface area contributed by atoms with Crippen molar-refractivity contribution in [1.82, 2.24) is 20.2 Å². The molecule has 5 rings (SSSR count). The molecular weight excluding hydrogens is 388 g/mol. The van der Waals surface area contributed by atoms with E-state index < -0.39 is 11.6 Å². The number of hydrogen-bond donors (Lipinski definition) is 1. The number of nitrogens with one attached hydrogen (secondary N) is 1. The number of fused-ring (bicyclic) bond motifs is 5. The summed E-state index contributed by atoms with van der Waals surface area (Å²) < 4.78 is 28.5. The normalized spacial score (nSPS) is 21.6. The third-order valence-electron chi connectivity index (χ3n) is 6.45. The summed E-state index contributed by atoms with van der Waals surface area (Å²) in [4.78, 5) is 20.6. The van der Waals surface area contributed by atoms with Gasteiger partial charge in [0.05, 0.1) is 29.3 Å². The number of hydrogen-bond acceptors (Lipinski definition) is 5. The molecule has 30 heavy (non-hydrogen) atoms. The van der Waals surface area contributed by atoms with Crippen LogP contribution in [0.5, 0.6) is 0 Å². The summed E-state index contributed by atoms with van der Waals surface area (Å²) in [7, 11) is 0. The van der Waals surface area contributed by atoms with Crippen molar-refractivity contribution in [2.45, 2.75) is 37.5 Å². The van der Waals surface area contributed by atoms with Crippen molar-refractivity contribution in [1.29, 1.82) is 0 Å². The van der Waals surface area contributed by atoms with Gasteiger partial charge in [0.15, 0.2) is 0 Å². The largest absolute Gasteiger partial charge is 0.356 e. The van der Waals surface area contributed by atoms with Crippen molar-refractivity contribution >= 4 is 5.82 Å². The van der Waals surface area contributed by atoms with Gasteiger partial charge in [-0.25, -0.2) is 8.78 Å². The lowest BCUT2D eigenvalue weighted by Gasteiger charge is -2.34. The number of nitrogens with zero attached hydrogens (tertiary/aromatic N) is 4. The number of aromatic amines is 1. The number of anilines is 1. The highest BCUT2D eigenvalue weighted by molar-refractivity contribution is 5.62. The average molecular weight is 409 g/mol. The fourth-order valence-electron chi connectivity index (χ4n) is 5.08. The molecule has 6 nitrogen and oxygen atoms in total. The van der Waals surface area contributed by atoms with E-state index in [2.05, 4.69) is 25.1 Å². The van der Waals surface area contributed by atoms with E-state index in [0.29, 0.717) is 24.8 Å². The van der Waals surface area contributed by atoms with Crippen LogP contribution in [0.3, 0.4) is 0 Å². The Morgan fingerprint density at radius 2 is 2.03 bits per heavy atom. The molecule has 154 valence electrons. The monoisotopic (exact) mass is 409 g/mol. The lowest BCUT2D eigenvalue weighted by Crippen LogP contribution is -2.40. The molecule has 2 bridgehead atoms. The van der Waals surface area contributed by atoms with E-state index in [-0.39, 0.29) is 22.2 Å². The van der Waals surface area contributed by atoms with Crippen LogP contribution in [0.1, 0.15) is 43.4 Å². The first-order chi connectivity index (χ1) is 14.5. The van der Waals surface area contributed by atoms with Crippen LogP contribution in [0.4, 0.5) is 14.6 Å². The second kappa shape index (κ2) is 6.97. The minimum atomic E-state index is -0.639. The zero-order valence-corrected chi connectivity index (χ0v) is 16.5. The second-order valence-corrected chi connectivity index (χ2v) is 8.15. The number of H-pyrrole nitrogens is 1. The summed E-state index contributed by atoms with van der Waals surface area (Å²) in [5, 5.41) is 8.68. The molecule has 2 heterocycles. The molecule has 1 N–H and O–H groups in total. The highest BCUT2D eigenvalue weighted by atomic mass is 19.1. The Balaban J connectivity index is 1.52. The van der Waals surface area contributed by atoms with E-state index in [1.807, 2.05) is 6.92 Å². The fraction of sp³-hybridized carbons (Fsp3) is 0.364. The number of likely N-dealkylation sites (N-methyl/N-ethyl adjacent to an activating group) is 1. The molecule has 2 aromatic heterocycles. The molecule has 0 radical (unpaired) electrons. The Morgan fingerprint density at radius 1 is 1.23 bits per heavy atom. The summed E-state index contributed by atoms with van der Waals surface area (Å²) >= 11 is 0. The molecular formula is C22H21F2N5O. The fourth-order valence-corrected chi connectivity index (χ4v) is 5.08. The molecule has 1 saturated carbocycles. The second-order valence-electron chi connectivity index (χ2n) is 8.15. The van der Waals surface area contributed by atoms with Gasteiger partial charge in [0.2, 0.25) is 0 Å². The third kappa shape index (κ3) is 2.89. The molecule has 8 heteroatoms. The van der Waals surface area contributed by atoms with Gasteiger partial charge < -0.3 is 9.88 Å². The number of rotatable bonds is 5. The van der Waals surface area contributed by atoms with Crippen molar-refractivity contribution < 1.29 is 8.78 Å². The predicted octanol–water partition coefficient (Wildman–Crippen LogP) is 3.55. The van der Waals surface area contributed by atoms with Crippen LogP contribution in [-0.4, -0.2) is 33.3 Å². The van der Waals surface area contributed by atoms with E-state index in [0.717, 1.165) is 30.5 Å². The molecule has 0 spiro atoms. The highest BCUT2D eigenvalue weighted by Gasteiger charge is 2.51. The SMILES string of the molecule is CCN(C[C@]12CC[C@H](C1)c1cc(-c3c(F)cccc3F)nnc12)c1cncc(=O)[nH]1. The smallest absolute Gasteiger partial charge is 0.267 e. The molecule has 1 aromatic carbocycles. The van der Waals surface area contributed by atoms with Crippen LogP contribution in [0.15, 0.2) is 41.5 Å². The molecule has 2 aliphatic carbocycles. The van der Waals surface area contributed by atoms with Crippen molar-refractivity contribution in [3.8, 4) is 11.3 Å². The van der Waals surface area contributed by atoms with Crippen molar-refractivity contribution in [2.24, 2.45) is 0 Å². The van der Waals surface area contributed by atoms with Crippen LogP contribution in [0.2, 0.25) is 0 Å². The van der Waals surface area contributed by atoms with E-state index in [1.54, 1.807) is 12.3 Å². The molecule has 2 atom stereocenters. The van der Waals surface area contributed by atoms with Gasteiger partial charge >= 0.3 is 0 Å². The third-order valence-corrected chi connectivity index (χ3v) is 6.45. The quantitative estimate of drug-likeness (QED) is 0.698. The minimum absolute atomic E-state index is 0.132. The topological polar surface area (TPSA) is 74.8 Å². The maximum absolute atomic E-state index is 14.2. The van der Waals surface area contributed by atoms with Crippen molar-refractivity contribution in [2.75, 3.05) is 18.0 Å². The first kappa shape index (κ1) is 18.8. The first-order valence-corrected chi connectivity index (χ1v) is 10.1. The van der Waals surface area contributed by atoms with Crippen molar-refractivity contribution in [3.63, 3.8) is 0 Å². The van der Waals surface area contributed by atoms with Gasteiger partial charge in [-0.2, -0.15) is 10.2 Å². The Kier molecular flexibility index (Phi) is 4.38. The molecule has 3 aromatic rings. The zero-order valence-electron chi connectivity index (χ0n) is 16.5. The van der Waals surface area contributed by atoms with Gasteiger partial charge in [0.1, 0.15) is 17.5 Å². The van der Waals surface area contributed by atoms with E-state index in [1.165, 1.54) is 24.4 Å². The number of halogens is 2. The van der Waals surface area contributed by atoms with Crippen LogP contribution in [0.25, 0.3) is 11.3 Å². The summed E-state index contributed by atoms with van der Waals surface area (Å²) in [6.07, 6.45) is 5.79. The van der Waals surface area contributed by atoms with Gasteiger partial charge in [-0.05, 0) is 55.9 Å². The zero-order chi connectivity index (χ0) is 20.9. The van der Waals surface area contributed by atoms with Crippen molar-refractivity contribution in [3.05, 3.63) is 69.9 Å². The van der Waals surface area contributed by atoms with E-state index >= 15 is 0 Å². The standard InChI is InChI=1S/C22H21F2N5O/c1-2-29(18-10-25-11-19(30)26-18)12-22-7-6-13(9-22)14-8-17(27-28-21(14)22)20-15(23)4-3-5-16(20)24/h3-5,8,10-11,13H,2,6-7,9,12H2,1H3,(H,26,30)/t13-,22+/m1/s1. The Bertz CT molecular complexity index is 1160. The lowest BCUT2D eigenvalue weighted by atomic mass is 9.82. The summed E-state index contributed by atoms with van der Waals surface area (Å²) in [6.45, 7) is 3.41. The number of benzene rings is 1. The Labute approximate surface area is 172 Å². The van der Waals surface area contributed by atoms with Gasteiger partial charge in [0, 0.05) is 18.5 Å². The first-order valence-electron chi connectivity index (χ1n) is 10.1. The van der Waals surface area contributed by atoms with Gasteiger partial charge in [-0.1, -0.05) is 6.07 Å². The van der Waals surface area contributed by atoms with E-state index in [4.69, 9.17) is 0 Å². The molecule has 0 saturated heterocycles. The number of aromatic nitrogens is 4. The lowest BCUT2D eigenvalue weighted by molar-refractivity contribution is 0.431. The average Bonchev–Trinajstić information content (AvgIpc) is 3.29. The maximum atomic E-state index is 14.2. The maximum Gasteiger partial charge on any atom is 0.267 e. The Morgan fingerprint density at radius 3 is 2.77 bits per heavy atom. The molecule has 1 fully saturated rings. The predicted molar refractivity (Wildman–Crippen MR) is 108 cm³/mol. The summed E-state index contributed by atoms with van der Waals surface area (Å²) in [5.41, 5.74) is 1.61. The van der Waals surface area contributed by atoms with Gasteiger partial charge in [0.25, 0.3) is 5.56 Å².